The Morgan fingerprint density at radius 1 is 0.417 bits per heavy atom. The summed E-state index contributed by atoms with van der Waals surface area (Å²) in [6.07, 6.45) is 19.1. The second-order valence-corrected chi connectivity index (χ2v) is 11.5. The van der Waals surface area contributed by atoms with Crippen LogP contribution in [0.25, 0.3) is 0 Å². The Balaban J connectivity index is 1.81. The lowest BCUT2D eigenvalue weighted by molar-refractivity contribution is -0.145. The Bertz CT molecular complexity index is 969. The molecule has 0 amide bonds. The first-order valence-corrected chi connectivity index (χ1v) is 17.5. The van der Waals surface area contributed by atoms with Gasteiger partial charge < -0.3 is 28.4 Å². The minimum atomic E-state index is -2.35. The minimum absolute atomic E-state index is 0.0804. The van der Waals surface area contributed by atoms with Crippen LogP contribution in [0.5, 0.6) is 5.75 Å². The molecule has 0 N–H and O–H groups in total. The fourth-order valence-corrected chi connectivity index (χ4v) is 4.68. The van der Waals surface area contributed by atoms with Crippen molar-refractivity contribution < 1.29 is 60.0 Å². The molecule has 1 aromatic carbocycles. The summed E-state index contributed by atoms with van der Waals surface area (Å²) in [5, 5.41) is 0. The molecule has 13 heteroatoms. The Kier molecular flexibility index (Phi) is 26.9. The van der Waals surface area contributed by atoms with Gasteiger partial charge in [0, 0.05) is 6.42 Å². The maximum atomic E-state index is 13.5. The van der Waals surface area contributed by atoms with Crippen molar-refractivity contribution in [3.8, 4) is 5.75 Å². The van der Waals surface area contributed by atoms with Crippen LogP contribution >= 0.6 is 0 Å². The zero-order valence-electron chi connectivity index (χ0n) is 28.5. The zero-order chi connectivity index (χ0) is 35.2. The highest BCUT2D eigenvalue weighted by Gasteiger charge is 2.28. The molecule has 48 heavy (non-hydrogen) atoms. The molecule has 1 aromatic rings. The summed E-state index contributed by atoms with van der Waals surface area (Å²) in [7, 11) is 0. The van der Waals surface area contributed by atoms with Crippen molar-refractivity contribution in [3.05, 3.63) is 29.1 Å². The van der Waals surface area contributed by atoms with E-state index in [1.807, 2.05) is 0 Å². The van der Waals surface area contributed by atoms with E-state index in [4.69, 9.17) is 23.7 Å². The lowest BCUT2D eigenvalue weighted by Gasteiger charge is -2.09. The Hall–Kier alpha value is -2.35. The van der Waals surface area contributed by atoms with Gasteiger partial charge in [0.05, 0.1) is 59.3 Å². The van der Waals surface area contributed by atoms with Crippen LogP contribution in [0.2, 0.25) is 0 Å². The van der Waals surface area contributed by atoms with E-state index in [1.165, 1.54) is 77.0 Å². The Labute approximate surface area is 282 Å². The summed E-state index contributed by atoms with van der Waals surface area (Å²) in [6, 6.07) is 0. The third kappa shape index (κ3) is 21.6. The van der Waals surface area contributed by atoms with Crippen molar-refractivity contribution >= 4 is 11.9 Å². The Morgan fingerprint density at radius 3 is 1.21 bits per heavy atom. The van der Waals surface area contributed by atoms with Gasteiger partial charge in [0.2, 0.25) is 34.8 Å². The number of rotatable bonds is 32. The van der Waals surface area contributed by atoms with Gasteiger partial charge in [-0.1, -0.05) is 96.8 Å². The van der Waals surface area contributed by atoms with Gasteiger partial charge in [-0.3, -0.25) is 9.59 Å². The number of carbonyl (C=O) groups excluding carboxylic acids is 2. The fourth-order valence-electron chi connectivity index (χ4n) is 4.68. The van der Waals surface area contributed by atoms with Crippen LogP contribution in [0.15, 0.2) is 0 Å². The van der Waals surface area contributed by atoms with Crippen LogP contribution in [-0.4, -0.2) is 71.4 Å². The summed E-state index contributed by atoms with van der Waals surface area (Å²) in [5.74, 6) is -14.3. The van der Waals surface area contributed by atoms with Gasteiger partial charge in [-0.15, -0.1) is 0 Å². The molecule has 0 atom stereocenters. The fraction of sp³-hybridized carbons (Fsp3) is 0.771. The molecule has 8 nitrogen and oxygen atoms in total. The summed E-state index contributed by atoms with van der Waals surface area (Å²) in [6.45, 7) is 4.00. The van der Waals surface area contributed by atoms with Crippen molar-refractivity contribution in [2.75, 3.05) is 59.5 Å². The average Bonchev–Trinajstić information content (AvgIpc) is 3.08. The van der Waals surface area contributed by atoms with E-state index in [9.17, 15) is 31.5 Å². The van der Waals surface area contributed by atoms with E-state index in [1.54, 1.807) is 0 Å². The largest absolute Gasteiger partial charge is 0.463 e. The first-order chi connectivity index (χ1) is 23.3. The molecule has 0 saturated carbocycles. The van der Waals surface area contributed by atoms with Crippen molar-refractivity contribution in [3.63, 3.8) is 0 Å². The zero-order valence-corrected chi connectivity index (χ0v) is 28.5. The predicted octanol–water partition coefficient (Wildman–Crippen LogP) is 8.55. The third-order valence-electron chi connectivity index (χ3n) is 7.43. The molecule has 0 aliphatic rings. The van der Waals surface area contributed by atoms with Crippen LogP contribution < -0.4 is 4.74 Å². The number of esters is 2. The maximum Gasteiger partial charge on any atom is 0.313 e. The number of unbranched alkanes of at least 4 members (excludes halogenated alkanes) is 14. The monoisotopic (exact) mass is 698 g/mol. The van der Waals surface area contributed by atoms with E-state index in [-0.39, 0.29) is 45.6 Å². The average molecular weight is 699 g/mol. The van der Waals surface area contributed by atoms with E-state index >= 15 is 0 Å². The van der Waals surface area contributed by atoms with Crippen LogP contribution in [0.3, 0.4) is 0 Å². The molecule has 0 aromatic heterocycles. The lowest BCUT2D eigenvalue weighted by Crippen LogP contribution is -2.16. The summed E-state index contributed by atoms with van der Waals surface area (Å²) < 4.78 is 97.0. The molecule has 278 valence electrons. The van der Waals surface area contributed by atoms with Gasteiger partial charge in [-0.2, -0.15) is 8.78 Å². The molecule has 0 bridgehead atoms. The number of benzene rings is 1. The normalized spacial score (nSPS) is 11.3. The summed E-state index contributed by atoms with van der Waals surface area (Å²) in [4.78, 5) is 23.5. The molecule has 0 heterocycles. The SMILES string of the molecule is CCCCCCCCCCCCCCCCCC(=O)OCCOCCOCCOCCOCCC(=O)Oc1c(F)c(F)c(F)c(F)c1F. The Morgan fingerprint density at radius 2 is 0.771 bits per heavy atom. The standard InChI is InChI=1S/C35H55F5O8/c1-2-3-4-5-6-7-8-9-10-11-12-13-14-15-16-17-28(41)47-27-26-46-25-24-45-23-22-44-21-20-43-19-18-29(42)48-35-33(39)31(37)30(36)32(38)34(35)40/h2-27H2,1H3. The van der Waals surface area contributed by atoms with Gasteiger partial charge in [-0.05, 0) is 6.42 Å². The summed E-state index contributed by atoms with van der Waals surface area (Å²) in [5.41, 5.74) is 0. The maximum absolute atomic E-state index is 13.5. The van der Waals surface area contributed by atoms with Gasteiger partial charge in [0.25, 0.3) is 0 Å². The van der Waals surface area contributed by atoms with E-state index in [0.29, 0.717) is 26.2 Å². The van der Waals surface area contributed by atoms with Crippen LogP contribution in [0.1, 0.15) is 116 Å². The number of hydrogen-bond donors (Lipinski definition) is 0. The molecule has 0 aliphatic heterocycles. The molecule has 0 radical (unpaired) electrons. The van der Waals surface area contributed by atoms with Gasteiger partial charge in [0.1, 0.15) is 6.61 Å². The van der Waals surface area contributed by atoms with Crippen molar-refractivity contribution in [1.29, 1.82) is 0 Å². The van der Waals surface area contributed by atoms with Gasteiger partial charge >= 0.3 is 11.9 Å². The summed E-state index contributed by atoms with van der Waals surface area (Å²) >= 11 is 0. The molecular weight excluding hydrogens is 643 g/mol. The second-order valence-electron chi connectivity index (χ2n) is 11.5. The molecule has 0 aliphatic carbocycles. The first kappa shape index (κ1) is 43.7. The van der Waals surface area contributed by atoms with Crippen LogP contribution in [0, 0.1) is 29.1 Å². The third-order valence-corrected chi connectivity index (χ3v) is 7.43. The van der Waals surface area contributed by atoms with Gasteiger partial charge in [-0.25, -0.2) is 13.2 Å². The van der Waals surface area contributed by atoms with Gasteiger partial charge in [0.15, 0.2) is 0 Å². The molecular formula is C35H55F5O8. The van der Waals surface area contributed by atoms with E-state index in [0.717, 1.165) is 19.3 Å². The van der Waals surface area contributed by atoms with Crippen molar-refractivity contribution in [2.24, 2.45) is 0 Å². The number of hydrogen-bond acceptors (Lipinski definition) is 8. The first-order valence-electron chi connectivity index (χ1n) is 17.5. The predicted molar refractivity (Wildman–Crippen MR) is 170 cm³/mol. The molecule has 0 unspecified atom stereocenters. The second kappa shape index (κ2) is 29.6. The molecule has 0 spiro atoms. The lowest BCUT2D eigenvalue weighted by atomic mass is 10.0. The highest BCUT2D eigenvalue weighted by atomic mass is 19.2. The molecule has 1 rings (SSSR count). The highest BCUT2D eigenvalue weighted by molar-refractivity contribution is 5.72. The van der Waals surface area contributed by atoms with E-state index < -0.39 is 47.2 Å². The van der Waals surface area contributed by atoms with Crippen LogP contribution in [-0.2, 0) is 33.3 Å². The van der Waals surface area contributed by atoms with Crippen LogP contribution in [0.4, 0.5) is 22.0 Å². The number of carbonyl (C=O) groups is 2. The number of halogens is 5. The van der Waals surface area contributed by atoms with Crippen molar-refractivity contribution in [1.82, 2.24) is 0 Å². The number of ether oxygens (including phenoxy) is 6. The smallest absolute Gasteiger partial charge is 0.313 e. The van der Waals surface area contributed by atoms with E-state index in [2.05, 4.69) is 11.7 Å². The van der Waals surface area contributed by atoms with Crippen molar-refractivity contribution in [2.45, 2.75) is 116 Å². The minimum Gasteiger partial charge on any atom is -0.463 e. The quantitative estimate of drug-likeness (QED) is 0.0185. The molecule has 0 saturated heterocycles. The topological polar surface area (TPSA) is 89.5 Å². The highest BCUT2D eigenvalue weighted by Crippen LogP contribution is 2.29. The molecule has 0 fully saturated rings.